The molecule has 1 aliphatic heterocycles. The quantitative estimate of drug-likeness (QED) is 0.840. The maximum Gasteiger partial charge on any atom is 0.335 e. The van der Waals surface area contributed by atoms with Crippen molar-refractivity contribution in [1.29, 1.82) is 0 Å². The number of anilines is 1. The summed E-state index contributed by atoms with van der Waals surface area (Å²) in [6.07, 6.45) is 0. The van der Waals surface area contributed by atoms with Gasteiger partial charge in [-0.2, -0.15) is 0 Å². The van der Waals surface area contributed by atoms with Gasteiger partial charge in [0.15, 0.2) is 0 Å². The van der Waals surface area contributed by atoms with Gasteiger partial charge in [-0.3, -0.25) is 0 Å². The van der Waals surface area contributed by atoms with Crippen LogP contribution in [0.5, 0.6) is 0 Å². The third kappa shape index (κ3) is 1.85. The Hall–Kier alpha value is -2.34. The zero-order valence-electron chi connectivity index (χ0n) is 10.3. The van der Waals surface area contributed by atoms with E-state index in [9.17, 15) is 13.2 Å². The predicted molar refractivity (Wildman–Crippen MR) is 72.6 cm³/mol. The Balaban J connectivity index is 2.26. The molecule has 0 bridgehead atoms. The lowest BCUT2D eigenvalue weighted by molar-refractivity contribution is 0.0697. The van der Waals surface area contributed by atoms with Crippen molar-refractivity contribution in [3.63, 3.8) is 0 Å². The SMILES string of the molecule is O=C(O)c1ccc2c(c1)NCc1ccccc1S2(=O)=O. The summed E-state index contributed by atoms with van der Waals surface area (Å²) in [5.41, 5.74) is 1.04. The van der Waals surface area contributed by atoms with Crippen molar-refractivity contribution in [3.8, 4) is 0 Å². The van der Waals surface area contributed by atoms with E-state index in [1.54, 1.807) is 24.3 Å². The molecule has 0 fully saturated rings. The molecule has 20 heavy (non-hydrogen) atoms. The van der Waals surface area contributed by atoms with Crippen molar-refractivity contribution in [2.45, 2.75) is 16.3 Å². The number of fused-ring (bicyclic) bond motifs is 2. The van der Waals surface area contributed by atoms with Crippen LogP contribution in [0.4, 0.5) is 5.69 Å². The van der Waals surface area contributed by atoms with E-state index in [4.69, 9.17) is 5.11 Å². The highest BCUT2D eigenvalue weighted by molar-refractivity contribution is 7.91. The van der Waals surface area contributed by atoms with E-state index in [-0.39, 0.29) is 15.4 Å². The Labute approximate surface area is 115 Å². The molecule has 2 aromatic rings. The van der Waals surface area contributed by atoms with Crippen LogP contribution in [0.2, 0.25) is 0 Å². The van der Waals surface area contributed by atoms with E-state index in [1.807, 2.05) is 0 Å². The Kier molecular flexibility index (Phi) is 2.76. The zero-order chi connectivity index (χ0) is 14.3. The molecule has 0 aliphatic carbocycles. The molecule has 102 valence electrons. The number of sulfone groups is 1. The lowest BCUT2D eigenvalue weighted by Gasteiger charge is -2.08. The first-order chi connectivity index (χ1) is 9.50. The lowest BCUT2D eigenvalue weighted by Crippen LogP contribution is -2.05. The maximum absolute atomic E-state index is 12.6. The highest BCUT2D eigenvalue weighted by Gasteiger charge is 2.27. The van der Waals surface area contributed by atoms with Crippen molar-refractivity contribution in [2.24, 2.45) is 0 Å². The summed E-state index contributed by atoms with van der Waals surface area (Å²) in [5.74, 6) is -1.09. The fourth-order valence-electron chi connectivity index (χ4n) is 2.26. The average molecular weight is 289 g/mol. The van der Waals surface area contributed by atoms with Gasteiger partial charge in [-0.05, 0) is 29.8 Å². The van der Waals surface area contributed by atoms with Crippen LogP contribution in [-0.4, -0.2) is 19.5 Å². The second-order valence-corrected chi connectivity index (χ2v) is 6.37. The molecule has 0 aromatic heterocycles. The number of aromatic carboxylic acids is 1. The van der Waals surface area contributed by atoms with E-state index in [0.29, 0.717) is 17.8 Å². The van der Waals surface area contributed by atoms with Gasteiger partial charge in [-0.25, -0.2) is 13.2 Å². The fourth-order valence-corrected chi connectivity index (χ4v) is 3.90. The molecule has 0 radical (unpaired) electrons. The largest absolute Gasteiger partial charge is 0.478 e. The first kappa shape index (κ1) is 12.7. The highest BCUT2D eigenvalue weighted by atomic mass is 32.2. The Morgan fingerprint density at radius 1 is 1.10 bits per heavy atom. The minimum atomic E-state index is -3.64. The molecule has 1 heterocycles. The van der Waals surface area contributed by atoms with E-state index in [1.165, 1.54) is 18.2 Å². The second kappa shape index (κ2) is 4.35. The minimum Gasteiger partial charge on any atom is -0.478 e. The van der Waals surface area contributed by atoms with Crippen molar-refractivity contribution < 1.29 is 18.3 Å². The van der Waals surface area contributed by atoms with E-state index in [0.717, 1.165) is 0 Å². The summed E-state index contributed by atoms with van der Waals surface area (Å²) in [4.78, 5) is 11.3. The number of carboxylic acids is 1. The molecule has 6 heteroatoms. The molecule has 0 amide bonds. The molecule has 0 saturated carbocycles. The van der Waals surface area contributed by atoms with Gasteiger partial charge >= 0.3 is 5.97 Å². The van der Waals surface area contributed by atoms with Crippen LogP contribution >= 0.6 is 0 Å². The van der Waals surface area contributed by atoms with Gasteiger partial charge in [0.25, 0.3) is 0 Å². The smallest absolute Gasteiger partial charge is 0.335 e. The first-order valence-electron chi connectivity index (χ1n) is 5.94. The minimum absolute atomic E-state index is 0.0532. The number of hydrogen-bond acceptors (Lipinski definition) is 4. The standard InChI is InChI=1S/C14H11NO4S/c16-14(17)9-5-6-13-11(7-9)15-8-10-3-1-2-4-12(10)20(13,18)19/h1-7,15H,8H2,(H,16,17). The number of nitrogens with one attached hydrogen (secondary N) is 1. The molecule has 5 nitrogen and oxygen atoms in total. The predicted octanol–water partition coefficient (Wildman–Crippen LogP) is 2.14. The van der Waals surface area contributed by atoms with E-state index < -0.39 is 15.8 Å². The van der Waals surface area contributed by atoms with Crippen molar-refractivity contribution in [2.75, 3.05) is 5.32 Å². The third-order valence-electron chi connectivity index (χ3n) is 3.25. The van der Waals surface area contributed by atoms with Crippen LogP contribution in [0.25, 0.3) is 0 Å². The number of hydrogen-bond donors (Lipinski definition) is 2. The number of carbonyl (C=O) groups is 1. The summed E-state index contributed by atoms with van der Waals surface area (Å²) in [5, 5.41) is 12.0. The maximum atomic E-state index is 12.6. The molecule has 0 saturated heterocycles. The van der Waals surface area contributed by atoms with Crippen molar-refractivity contribution in [3.05, 3.63) is 53.6 Å². The van der Waals surface area contributed by atoms with Crippen molar-refractivity contribution >= 4 is 21.5 Å². The molecule has 0 atom stereocenters. The van der Waals surface area contributed by atoms with Gasteiger partial charge in [0.1, 0.15) is 0 Å². The van der Waals surface area contributed by atoms with Crippen LogP contribution in [0.3, 0.4) is 0 Å². The number of benzene rings is 2. The van der Waals surface area contributed by atoms with Gasteiger partial charge < -0.3 is 10.4 Å². The summed E-state index contributed by atoms with van der Waals surface area (Å²) < 4.78 is 25.2. The molecule has 2 N–H and O–H groups in total. The Bertz CT molecular complexity index is 812. The van der Waals surface area contributed by atoms with Crippen LogP contribution < -0.4 is 5.32 Å². The summed E-state index contributed by atoms with van der Waals surface area (Å²) >= 11 is 0. The van der Waals surface area contributed by atoms with Crippen LogP contribution in [0.1, 0.15) is 15.9 Å². The molecule has 1 aliphatic rings. The van der Waals surface area contributed by atoms with Gasteiger partial charge in [-0.1, -0.05) is 18.2 Å². The zero-order valence-corrected chi connectivity index (χ0v) is 11.1. The number of carboxylic acid groups (broad SMARTS) is 1. The van der Waals surface area contributed by atoms with Gasteiger partial charge in [0, 0.05) is 6.54 Å². The van der Waals surface area contributed by atoms with Gasteiger partial charge in [0.05, 0.1) is 21.0 Å². The highest BCUT2D eigenvalue weighted by Crippen LogP contribution is 2.33. The van der Waals surface area contributed by atoms with Gasteiger partial charge in [-0.15, -0.1) is 0 Å². The summed E-state index contributed by atoms with van der Waals surface area (Å²) in [6.45, 7) is 0.339. The molecule has 2 aromatic carbocycles. The average Bonchev–Trinajstić information content (AvgIpc) is 2.55. The molecule has 3 rings (SSSR count). The number of rotatable bonds is 1. The molecule has 0 unspecified atom stereocenters. The normalized spacial score (nSPS) is 15.4. The molecular formula is C14H11NO4S. The van der Waals surface area contributed by atoms with Crippen LogP contribution in [0, 0.1) is 0 Å². The van der Waals surface area contributed by atoms with Gasteiger partial charge in [0.2, 0.25) is 9.84 Å². The fraction of sp³-hybridized carbons (Fsp3) is 0.0714. The van der Waals surface area contributed by atoms with E-state index >= 15 is 0 Å². The summed E-state index contributed by atoms with van der Waals surface area (Å²) in [6, 6.07) is 10.7. The molecular weight excluding hydrogens is 278 g/mol. The van der Waals surface area contributed by atoms with E-state index in [2.05, 4.69) is 5.32 Å². The van der Waals surface area contributed by atoms with Crippen molar-refractivity contribution in [1.82, 2.24) is 0 Å². The first-order valence-corrected chi connectivity index (χ1v) is 7.42. The summed E-state index contributed by atoms with van der Waals surface area (Å²) in [7, 11) is -3.64. The second-order valence-electron chi connectivity index (χ2n) is 4.48. The Morgan fingerprint density at radius 3 is 2.60 bits per heavy atom. The monoisotopic (exact) mass is 289 g/mol. The molecule has 0 spiro atoms. The topological polar surface area (TPSA) is 83.5 Å². The lowest BCUT2D eigenvalue weighted by atomic mass is 10.2. The third-order valence-corrected chi connectivity index (χ3v) is 5.16. The van der Waals surface area contributed by atoms with Crippen LogP contribution in [0.15, 0.2) is 52.3 Å². The van der Waals surface area contributed by atoms with Crippen LogP contribution in [-0.2, 0) is 16.4 Å². The Morgan fingerprint density at radius 2 is 1.85 bits per heavy atom.